The van der Waals surface area contributed by atoms with Gasteiger partial charge in [-0.05, 0) is 42.8 Å². The number of aliphatic carboxylic acids is 2. The fraction of sp³-hybridized carbons (Fsp3) is 0.400. The van der Waals surface area contributed by atoms with E-state index in [1.54, 1.807) is 6.20 Å². The SMILES string of the molecule is N[C@H]1CCC[C@H](C(=O)Nc2ccc3cnccc3c2)C1.O=C(O)C(F)(F)F.O=C(O)C(F)(F)F. The zero-order chi connectivity index (χ0) is 26.1. The summed E-state index contributed by atoms with van der Waals surface area (Å²) in [5, 5.41) is 19.4. The van der Waals surface area contributed by atoms with Crippen LogP contribution in [0.15, 0.2) is 36.7 Å². The van der Waals surface area contributed by atoms with Crippen molar-refractivity contribution in [2.45, 2.75) is 44.1 Å². The van der Waals surface area contributed by atoms with E-state index in [1.165, 1.54) is 0 Å². The molecular weight excluding hydrogens is 476 g/mol. The highest BCUT2D eigenvalue weighted by molar-refractivity contribution is 5.95. The summed E-state index contributed by atoms with van der Waals surface area (Å²) in [5.41, 5.74) is 6.78. The number of rotatable bonds is 2. The molecule has 5 N–H and O–H groups in total. The van der Waals surface area contributed by atoms with Crippen molar-refractivity contribution in [3.05, 3.63) is 36.7 Å². The normalized spacial score (nSPS) is 18.0. The molecule has 34 heavy (non-hydrogen) atoms. The summed E-state index contributed by atoms with van der Waals surface area (Å²) in [4.78, 5) is 34.1. The second kappa shape index (κ2) is 12.2. The topological polar surface area (TPSA) is 143 Å². The number of alkyl halides is 6. The second-order valence-electron chi connectivity index (χ2n) is 7.16. The van der Waals surface area contributed by atoms with Crippen LogP contribution in [0, 0.1) is 5.92 Å². The number of carbonyl (C=O) groups is 3. The van der Waals surface area contributed by atoms with Gasteiger partial charge in [0.15, 0.2) is 0 Å². The van der Waals surface area contributed by atoms with Crippen LogP contribution in [0.25, 0.3) is 10.8 Å². The van der Waals surface area contributed by atoms with Crippen molar-refractivity contribution in [2.75, 3.05) is 5.32 Å². The highest BCUT2D eigenvalue weighted by atomic mass is 19.4. The molecule has 3 rings (SSSR count). The van der Waals surface area contributed by atoms with Gasteiger partial charge in [0.05, 0.1) is 0 Å². The largest absolute Gasteiger partial charge is 0.490 e. The quantitative estimate of drug-likeness (QED) is 0.460. The second-order valence-corrected chi connectivity index (χ2v) is 7.16. The Bertz CT molecular complexity index is 973. The first kappa shape index (κ1) is 28.6. The molecule has 0 unspecified atom stereocenters. The minimum Gasteiger partial charge on any atom is -0.475 e. The minimum absolute atomic E-state index is 0.0480. The lowest BCUT2D eigenvalue weighted by molar-refractivity contribution is -0.193. The Balaban J connectivity index is 0.000000343. The van der Waals surface area contributed by atoms with Crippen LogP contribution in [-0.4, -0.2) is 51.4 Å². The molecule has 1 heterocycles. The van der Waals surface area contributed by atoms with Gasteiger partial charge in [0.25, 0.3) is 0 Å². The van der Waals surface area contributed by atoms with E-state index in [-0.39, 0.29) is 17.9 Å². The van der Waals surface area contributed by atoms with Gasteiger partial charge in [0.2, 0.25) is 5.91 Å². The number of hydrogen-bond donors (Lipinski definition) is 4. The summed E-state index contributed by atoms with van der Waals surface area (Å²) >= 11 is 0. The van der Waals surface area contributed by atoms with Crippen LogP contribution < -0.4 is 11.1 Å². The van der Waals surface area contributed by atoms with E-state index in [0.717, 1.165) is 42.1 Å². The number of hydrogen-bond acceptors (Lipinski definition) is 5. The lowest BCUT2D eigenvalue weighted by Gasteiger charge is -2.25. The average Bonchev–Trinajstić information content (AvgIpc) is 2.73. The van der Waals surface area contributed by atoms with Crippen molar-refractivity contribution in [3.8, 4) is 0 Å². The van der Waals surface area contributed by atoms with E-state index in [2.05, 4.69) is 10.3 Å². The summed E-state index contributed by atoms with van der Waals surface area (Å²) in [6.07, 6.45) is -2.77. The zero-order valence-corrected chi connectivity index (χ0v) is 17.4. The number of nitrogens with two attached hydrogens (primary N) is 1. The Morgan fingerprint density at radius 3 is 2.00 bits per heavy atom. The molecule has 0 radical (unpaired) electrons. The van der Waals surface area contributed by atoms with E-state index >= 15 is 0 Å². The third-order valence-electron chi connectivity index (χ3n) is 4.48. The van der Waals surface area contributed by atoms with Gasteiger partial charge in [-0.3, -0.25) is 9.78 Å². The number of carboxylic acids is 2. The summed E-state index contributed by atoms with van der Waals surface area (Å²) in [5.74, 6) is -5.37. The monoisotopic (exact) mass is 497 g/mol. The molecular formula is C20H21F6N3O5. The molecule has 2 aromatic rings. The Labute approximate surface area is 188 Å². The van der Waals surface area contributed by atoms with E-state index in [9.17, 15) is 31.1 Å². The summed E-state index contributed by atoms with van der Waals surface area (Å²) < 4.78 is 63.5. The third-order valence-corrected chi connectivity index (χ3v) is 4.48. The summed E-state index contributed by atoms with van der Waals surface area (Å²) in [7, 11) is 0. The Morgan fingerprint density at radius 1 is 0.941 bits per heavy atom. The molecule has 1 saturated carbocycles. The van der Waals surface area contributed by atoms with Crippen LogP contribution in [0.2, 0.25) is 0 Å². The molecule has 188 valence electrons. The maximum atomic E-state index is 12.3. The molecule has 2 atom stereocenters. The molecule has 8 nitrogen and oxygen atoms in total. The average molecular weight is 497 g/mol. The van der Waals surface area contributed by atoms with Crippen molar-refractivity contribution in [2.24, 2.45) is 11.7 Å². The predicted octanol–water partition coefficient (Wildman–Crippen LogP) is 3.96. The lowest BCUT2D eigenvalue weighted by Crippen LogP contribution is -2.34. The first-order chi connectivity index (χ1) is 15.6. The molecule has 0 bridgehead atoms. The molecule has 0 spiro atoms. The van der Waals surface area contributed by atoms with Crippen LogP contribution in [0.3, 0.4) is 0 Å². The van der Waals surface area contributed by atoms with E-state index < -0.39 is 24.3 Å². The van der Waals surface area contributed by atoms with Crippen LogP contribution in [0.4, 0.5) is 32.0 Å². The summed E-state index contributed by atoms with van der Waals surface area (Å²) in [6.45, 7) is 0. The maximum absolute atomic E-state index is 12.3. The Hall–Kier alpha value is -3.42. The fourth-order valence-electron chi connectivity index (χ4n) is 2.87. The van der Waals surface area contributed by atoms with Gasteiger partial charge in [-0.15, -0.1) is 0 Å². The molecule has 1 aliphatic rings. The van der Waals surface area contributed by atoms with Gasteiger partial charge in [-0.25, -0.2) is 9.59 Å². The molecule has 0 aliphatic heterocycles. The number of amides is 1. The van der Waals surface area contributed by atoms with Crippen molar-refractivity contribution in [1.82, 2.24) is 4.98 Å². The van der Waals surface area contributed by atoms with Crippen molar-refractivity contribution < 1.29 is 50.9 Å². The first-order valence-corrected chi connectivity index (χ1v) is 9.61. The smallest absolute Gasteiger partial charge is 0.475 e. The highest BCUT2D eigenvalue weighted by Gasteiger charge is 2.38. The molecule has 1 fully saturated rings. The number of benzene rings is 1. The van der Waals surface area contributed by atoms with Crippen molar-refractivity contribution in [3.63, 3.8) is 0 Å². The van der Waals surface area contributed by atoms with Gasteiger partial charge in [-0.1, -0.05) is 12.5 Å². The van der Waals surface area contributed by atoms with E-state index in [1.807, 2.05) is 30.5 Å². The van der Waals surface area contributed by atoms with Crippen LogP contribution >= 0.6 is 0 Å². The number of halogens is 6. The molecule has 14 heteroatoms. The third kappa shape index (κ3) is 10.0. The van der Waals surface area contributed by atoms with Crippen LogP contribution in [0.5, 0.6) is 0 Å². The number of nitrogens with zero attached hydrogens (tertiary/aromatic N) is 1. The predicted molar refractivity (Wildman–Crippen MR) is 108 cm³/mol. The van der Waals surface area contributed by atoms with Gasteiger partial charge in [0.1, 0.15) is 0 Å². The molecule has 0 saturated heterocycles. The number of carbonyl (C=O) groups excluding carboxylic acids is 1. The number of aromatic nitrogens is 1. The van der Waals surface area contributed by atoms with Crippen LogP contribution in [0.1, 0.15) is 25.7 Å². The maximum Gasteiger partial charge on any atom is 0.490 e. The lowest BCUT2D eigenvalue weighted by atomic mass is 9.85. The number of nitrogens with one attached hydrogen (secondary N) is 1. The fourth-order valence-corrected chi connectivity index (χ4v) is 2.87. The highest BCUT2D eigenvalue weighted by Crippen LogP contribution is 2.25. The minimum atomic E-state index is -5.08. The number of anilines is 1. The van der Waals surface area contributed by atoms with E-state index in [4.69, 9.17) is 25.5 Å². The van der Waals surface area contributed by atoms with Gasteiger partial charge < -0.3 is 21.3 Å². The number of fused-ring (bicyclic) bond motifs is 1. The molecule has 1 amide bonds. The van der Waals surface area contributed by atoms with Crippen molar-refractivity contribution >= 4 is 34.3 Å². The standard InChI is InChI=1S/C16H19N3O.2C2HF3O2/c17-14-3-1-2-12(8-14)16(20)19-15-5-4-13-10-18-7-6-11(13)9-15;2*3-2(4,5)1(6)7/h4-7,9-10,12,14H,1-3,8,17H2,(H,19,20);2*(H,6,7)/t12-,14-;;/m0../s1. The molecule has 1 aromatic carbocycles. The zero-order valence-electron chi connectivity index (χ0n) is 17.4. The van der Waals surface area contributed by atoms with Crippen molar-refractivity contribution in [1.29, 1.82) is 0 Å². The Morgan fingerprint density at radius 2 is 1.50 bits per heavy atom. The van der Waals surface area contributed by atoms with Gasteiger partial charge >= 0.3 is 24.3 Å². The molecule has 1 aromatic heterocycles. The Kier molecular flexibility index (Phi) is 10.2. The number of pyridine rings is 1. The first-order valence-electron chi connectivity index (χ1n) is 9.61. The van der Waals surface area contributed by atoms with E-state index in [0.29, 0.717) is 0 Å². The summed E-state index contributed by atoms with van der Waals surface area (Å²) in [6, 6.07) is 8.00. The van der Waals surface area contributed by atoms with Crippen LogP contribution in [-0.2, 0) is 14.4 Å². The van der Waals surface area contributed by atoms with Gasteiger partial charge in [-0.2, -0.15) is 26.3 Å². The molecule has 1 aliphatic carbocycles. The number of carboxylic acid groups (broad SMARTS) is 2. The van der Waals surface area contributed by atoms with Gasteiger partial charge in [0, 0.05) is 35.4 Å².